The number of methoxy groups -OCH3 is 3. The number of benzene rings is 2. The maximum atomic E-state index is 12.7. The second-order valence-corrected chi connectivity index (χ2v) is 7.17. The predicted molar refractivity (Wildman–Crippen MR) is 100.0 cm³/mol. The summed E-state index contributed by atoms with van der Waals surface area (Å²) in [6.45, 7) is -0.0448. The fourth-order valence-electron chi connectivity index (χ4n) is 2.52. The van der Waals surface area contributed by atoms with Crippen LogP contribution in [-0.4, -0.2) is 42.7 Å². The predicted octanol–water partition coefficient (Wildman–Crippen LogP) is 1.55. The van der Waals surface area contributed by atoms with E-state index < -0.39 is 15.9 Å². The van der Waals surface area contributed by atoms with Crippen molar-refractivity contribution in [2.75, 3.05) is 28.4 Å². The highest BCUT2D eigenvalue weighted by molar-refractivity contribution is 7.89. The molecular formula is C18H22N2O6S. The highest BCUT2D eigenvalue weighted by Crippen LogP contribution is 2.29. The maximum absolute atomic E-state index is 12.7. The molecule has 0 unspecified atom stereocenters. The van der Waals surface area contributed by atoms with Crippen LogP contribution in [0.5, 0.6) is 17.2 Å². The lowest BCUT2D eigenvalue weighted by Gasteiger charge is -2.14. The van der Waals surface area contributed by atoms with Crippen LogP contribution in [0.2, 0.25) is 0 Å². The number of amides is 1. The number of carbonyl (C=O) groups is 1. The number of carbonyl (C=O) groups excluding carboxylic acids is 1. The van der Waals surface area contributed by atoms with Gasteiger partial charge in [0.1, 0.15) is 17.2 Å². The summed E-state index contributed by atoms with van der Waals surface area (Å²) >= 11 is 0. The first-order valence-corrected chi connectivity index (χ1v) is 9.46. The van der Waals surface area contributed by atoms with Crippen molar-refractivity contribution in [2.45, 2.75) is 11.4 Å². The van der Waals surface area contributed by atoms with E-state index in [4.69, 9.17) is 14.2 Å². The monoisotopic (exact) mass is 394 g/mol. The van der Waals surface area contributed by atoms with Crippen LogP contribution in [0, 0.1) is 0 Å². The molecular weight excluding hydrogens is 372 g/mol. The molecule has 0 saturated carbocycles. The molecule has 9 heteroatoms. The van der Waals surface area contributed by atoms with Gasteiger partial charge in [-0.15, -0.1) is 0 Å². The van der Waals surface area contributed by atoms with Gasteiger partial charge in [0.05, 0.1) is 37.4 Å². The maximum Gasteiger partial charge on any atom is 0.254 e. The van der Waals surface area contributed by atoms with Crippen molar-refractivity contribution in [1.29, 1.82) is 0 Å². The summed E-state index contributed by atoms with van der Waals surface area (Å²) in [6.07, 6.45) is 0. The Kier molecular flexibility index (Phi) is 6.65. The molecule has 2 rings (SSSR count). The molecule has 0 aliphatic heterocycles. The second kappa shape index (κ2) is 8.74. The van der Waals surface area contributed by atoms with E-state index in [9.17, 15) is 13.2 Å². The highest BCUT2D eigenvalue weighted by atomic mass is 32.2. The van der Waals surface area contributed by atoms with Crippen LogP contribution in [0.3, 0.4) is 0 Å². The largest absolute Gasteiger partial charge is 0.496 e. The Morgan fingerprint density at radius 3 is 2.07 bits per heavy atom. The zero-order chi connectivity index (χ0) is 20.0. The molecule has 0 fully saturated rings. The summed E-state index contributed by atoms with van der Waals surface area (Å²) in [5.74, 6) is 0.825. The zero-order valence-electron chi connectivity index (χ0n) is 15.5. The molecule has 27 heavy (non-hydrogen) atoms. The third kappa shape index (κ3) is 4.50. The van der Waals surface area contributed by atoms with Gasteiger partial charge in [-0.05, 0) is 30.3 Å². The number of hydrogen-bond donors (Lipinski definition) is 2. The van der Waals surface area contributed by atoms with E-state index in [-0.39, 0.29) is 22.8 Å². The first-order chi connectivity index (χ1) is 12.9. The molecule has 146 valence electrons. The third-order valence-corrected chi connectivity index (χ3v) is 5.32. The Bertz CT molecular complexity index is 905. The van der Waals surface area contributed by atoms with Crippen LogP contribution in [0.4, 0.5) is 0 Å². The van der Waals surface area contributed by atoms with Gasteiger partial charge in [0, 0.05) is 13.6 Å². The standard InChI is InChI=1S/C18H22N2O6S/c1-19-18(21)13-10-12(8-9-17(13)26-4)27(22,23)20-11-14-15(24-2)6-5-7-16(14)25-3/h5-10,20H,11H2,1-4H3,(H,19,21). The first kappa shape index (κ1) is 20.5. The number of ether oxygens (including phenoxy) is 3. The van der Waals surface area contributed by atoms with Gasteiger partial charge in [-0.25, -0.2) is 13.1 Å². The molecule has 0 aliphatic rings. The van der Waals surface area contributed by atoms with Crippen LogP contribution in [0.1, 0.15) is 15.9 Å². The quantitative estimate of drug-likeness (QED) is 0.704. The van der Waals surface area contributed by atoms with E-state index in [0.717, 1.165) is 0 Å². The molecule has 0 aromatic heterocycles. The topological polar surface area (TPSA) is 103 Å². The Hall–Kier alpha value is -2.78. The minimum absolute atomic E-state index is 0.0448. The van der Waals surface area contributed by atoms with E-state index in [2.05, 4.69) is 10.0 Å². The smallest absolute Gasteiger partial charge is 0.254 e. The van der Waals surface area contributed by atoms with E-state index >= 15 is 0 Å². The molecule has 0 saturated heterocycles. The summed E-state index contributed by atoms with van der Waals surface area (Å²) in [5, 5.41) is 2.46. The first-order valence-electron chi connectivity index (χ1n) is 7.97. The van der Waals surface area contributed by atoms with Crippen LogP contribution >= 0.6 is 0 Å². The Morgan fingerprint density at radius 1 is 0.963 bits per heavy atom. The van der Waals surface area contributed by atoms with Crippen LogP contribution in [0.15, 0.2) is 41.3 Å². The highest BCUT2D eigenvalue weighted by Gasteiger charge is 2.20. The Labute approximate surface area is 158 Å². The van der Waals surface area contributed by atoms with Crippen molar-refractivity contribution < 1.29 is 27.4 Å². The number of hydrogen-bond acceptors (Lipinski definition) is 6. The molecule has 0 atom stereocenters. The van der Waals surface area contributed by atoms with Crippen LogP contribution < -0.4 is 24.2 Å². The molecule has 2 aromatic rings. The summed E-state index contributed by atoms with van der Waals surface area (Å²) in [4.78, 5) is 11.9. The van der Waals surface area contributed by atoms with Gasteiger partial charge in [0.2, 0.25) is 10.0 Å². The van der Waals surface area contributed by atoms with Crippen molar-refractivity contribution in [3.05, 3.63) is 47.5 Å². The molecule has 2 N–H and O–H groups in total. The molecule has 8 nitrogen and oxygen atoms in total. The van der Waals surface area contributed by atoms with E-state index in [0.29, 0.717) is 17.1 Å². The van der Waals surface area contributed by atoms with Gasteiger partial charge < -0.3 is 19.5 Å². The van der Waals surface area contributed by atoms with Crippen molar-refractivity contribution in [3.8, 4) is 17.2 Å². The van der Waals surface area contributed by atoms with Crippen LogP contribution in [-0.2, 0) is 16.6 Å². The summed E-state index contributed by atoms with van der Waals surface area (Å²) < 4.78 is 43.6. The van der Waals surface area contributed by atoms with Gasteiger partial charge in [0.25, 0.3) is 5.91 Å². The van der Waals surface area contributed by atoms with Gasteiger partial charge in [-0.2, -0.15) is 0 Å². The fourth-order valence-corrected chi connectivity index (χ4v) is 3.54. The summed E-state index contributed by atoms with van der Waals surface area (Å²) in [7, 11) is 1.95. The van der Waals surface area contributed by atoms with Crippen molar-refractivity contribution in [1.82, 2.24) is 10.0 Å². The minimum atomic E-state index is -3.89. The van der Waals surface area contributed by atoms with Gasteiger partial charge >= 0.3 is 0 Å². The SMILES string of the molecule is CNC(=O)c1cc(S(=O)(=O)NCc2c(OC)cccc2OC)ccc1OC. The van der Waals surface area contributed by atoms with Gasteiger partial charge in [-0.3, -0.25) is 4.79 Å². The van der Waals surface area contributed by atoms with Crippen LogP contribution in [0.25, 0.3) is 0 Å². The molecule has 0 aliphatic carbocycles. The van der Waals surface area contributed by atoms with E-state index in [1.54, 1.807) is 18.2 Å². The lowest BCUT2D eigenvalue weighted by Crippen LogP contribution is -2.25. The zero-order valence-corrected chi connectivity index (χ0v) is 16.3. The lowest BCUT2D eigenvalue weighted by atomic mass is 10.2. The van der Waals surface area contributed by atoms with E-state index in [1.807, 2.05) is 0 Å². The molecule has 2 aromatic carbocycles. The second-order valence-electron chi connectivity index (χ2n) is 5.41. The van der Waals surface area contributed by atoms with Crippen molar-refractivity contribution >= 4 is 15.9 Å². The Morgan fingerprint density at radius 2 is 1.56 bits per heavy atom. The molecule has 0 heterocycles. The molecule has 1 amide bonds. The van der Waals surface area contributed by atoms with Gasteiger partial charge in [0.15, 0.2) is 0 Å². The number of sulfonamides is 1. The molecule has 0 spiro atoms. The number of rotatable bonds is 8. The minimum Gasteiger partial charge on any atom is -0.496 e. The normalized spacial score (nSPS) is 11.0. The lowest BCUT2D eigenvalue weighted by molar-refractivity contribution is 0.0960. The number of nitrogens with one attached hydrogen (secondary N) is 2. The summed E-state index contributed by atoms with van der Waals surface area (Å²) in [5.41, 5.74) is 0.684. The fraction of sp³-hybridized carbons (Fsp3) is 0.278. The molecule has 0 bridgehead atoms. The molecule has 0 radical (unpaired) electrons. The van der Waals surface area contributed by atoms with E-state index in [1.165, 1.54) is 46.6 Å². The average Bonchev–Trinajstić information content (AvgIpc) is 2.70. The van der Waals surface area contributed by atoms with Gasteiger partial charge in [-0.1, -0.05) is 6.07 Å². The summed E-state index contributed by atoms with van der Waals surface area (Å²) in [6, 6.07) is 9.23. The average molecular weight is 394 g/mol. The Balaban J connectivity index is 2.34. The third-order valence-electron chi connectivity index (χ3n) is 3.92. The van der Waals surface area contributed by atoms with Crippen molar-refractivity contribution in [2.24, 2.45) is 0 Å². The van der Waals surface area contributed by atoms with Crippen molar-refractivity contribution in [3.63, 3.8) is 0 Å².